The standard InChI is InChI=1S/C19H23BrN2O3/c1-13-10-15(5-6-16(13)20)22-12-19(23)21-9-8-14-4-7-17(24-2)18(11-14)25-3/h4-7,10-11,22H,8-9,12H2,1-3H3,(H,21,23). The summed E-state index contributed by atoms with van der Waals surface area (Å²) in [4.78, 5) is 12.0. The van der Waals surface area contributed by atoms with E-state index in [0.29, 0.717) is 18.0 Å². The van der Waals surface area contributed by atoms with Crippen LogP contribution in [0.3, 0.4) is 0 Å². The first-order valence-electron chi connectivity index (χ1n) is 8.01. The molecule has 0 fully saturated rings. The summed E-state index contributed by atoms with van der Waals surface area (Å²) in [5.41, 5.74) is 3.13. The van der Waals surface area contributed by atoms with Gasteiger partial charge in [0.1, 0.15) is 0 Å². The van der Waals surface area contributed by atoms with Crippen LogP contribution in [0.2, 0.25) is 0 Å². The summed E-state index contributed by atoms with van der Waals surface area (Å²) in [5, 5.41) is 6.04. The van der Waals surface area contributed by atoms with Gasteiger partial charge in [-0.1, -0.05) is 22.0 Å². The van der Waals surface area contributed by atoms with Crippen LogP contribution >= 0.6 is 15.9 Å². The normalized spacial score (nSPS) is 10.2. The Bertz CT molecular complexity index is 735. The van der Waals surface area contributed by atoms with Crippen molar-refractivity contribution in [1.82, 2.24) is 5.32 Å². The molecule has 0 spiro atoms. The lowest BCUT2D eigenvalue weighted by Gasteiger charge is -2.11. The third-order valence-electron chi connectivity index (χ3n) is 3.79. The lowest BCUT2D eigenvalue weighted by molar-refractivity contribution is -0.119. The van der Waals surface area contributed by atoms with Crippen molar-refractivity contribution in [2.45, 2.75) is 13.3 Å². The Labute approximate surface area is 156 Å². The lowest BCUT2D eigenvalue weighted by Crippen LogP contribution is -2.31. The number of benzene rings is 2. The fourth-order valence-electron chi connectivity index (χ4n) is 2.38. The van der Waals surface area contributed by atoms with Gasteiger partial charge in [0, 0.05) is 16.7 Å². The van der Waals surface area contributed by atoms with E-state index in [4.69, 9.17) is 9.47 Å². The second-order valence-corrected chi connectivity index (χ2v) is 6.46. The van der Waals surface area contributed by atoms with E-state index >= 15 is 0 Å². The highest BCUT2D eigenvalue weighted by atomic mass is 79.9. The molecular formula is C19H23BrN2O3. The fraction of sp³-hybridized carbons (Fsp3) is 0.316. The molecule has 0 aromatic heterocycles. The predicted molar refractivity (Wildman–Crippen MR) is 104 cm³/mol. The van der Waals surface area contributed by atoms with E-state index in [-0.39, 0.29) is 12.5 Å². The molecule has 0 saturated carbocycles. The quantitative estimate of drug-likeness (QED) is 0.703. The highest BCUT2D eigenvalue weighted by Crippen LogP contribution is 2.27. The number of hydrogen-bond donors (Lipinski definition) is 2. The molecule has 0 unspecified atom stereocenters. The summed E-state index contributed by atoms with van der Waals surface area (Å²) in [6, 6.07) is 11.7. The zero-order valence-electron chi connectivity index (χ0n) is 14.7. The van der Waals surface area contributed by atoms with Gasteiger partial charge in [0.25, 0.3) is 0 Å². The molecule has 0 heterocycles. The largest absolute Gasteiger partial charge is 0.493 e. The average molecular weight is 407 g/mol. The highest BCUT2D eigenvalue weighted by molar-refractivity contribution is 9.10. The molecule has 0 bridgehead atoms. The maximum atomic E-state index is 12.0. The smallest absolute Gasteiger partial charge is 0.239 e. The number of hydrogen-bond acceptors (Lipinski definition) is 4. The van der Waals surface area contributed by atoms with E-state index in [1.54, 1.807) is 14.2 Å². The molecule has 25 heavy (non-hydrogen) atoms. The predicted octanol–water partition coefficient (Wildman–Crippen LogP) is 3.55. The van der Waals surface area contributed by atoms with Crippen LogP contribution in [-0.2, 0) is 11.2 Å². The lowest BCUT2D eigenvalue weighted by atomic mass is 10.1. The van der Waals surface area contributed by atoms with Gasteiger partial charge in [-0.2, -0.15) is 0 Å². The van der Waals surface area contributed by atoms with Gasteiger partial charge in [-0.25, -0.2) is 0 Å². The van der Waals surface area contributed by atoms with Gasteiger partial charge in [-0.3, -0.25) is 4.79 Å². The van der Waals surface area contributed by atoms with Gasteiger partial charge in [0.2, 0.25) is 5.91 Å². The van der Waals surface area contributed by atoms with Gasteiger partial charge in [-0.15, -0.1) is 0 Å². The third kappa shape index (κ3) is 5.67. The van der Waals surface area contributed by atoms with E-state index < -0.39 is 0 Å². The van der Waals surface area contributed by atoms with Crippen LogP contribution in [0, 0.1) is 6.92 Å². The summed E-state index contributed by atoms with van der Waals surface area (Å²) in [7, 11) is 3.22. The number of carbonyl (C=O) groups excluding carboxylic acids is 1. The Morgan fingerprint density at radius 1 is 1.08 bits per heavy atom. The number of anilines is 1. The third-order valence-corrected chi connectivity index (χ3v) is 4.68. The second-order valence-electron chi connectivity index (χ2n) is 5.61. The van der Waals surface area contributed by atoms with Crippen LogP contribution in [-0.4, -0.2) is 33.2 Å². The maximum absolute atomic E-state index is 12.0. The van der Waals surface area contributed by atoms with E-state index in [1.807, 2.05) is 43.3 Å². The molecule has 0 atom stereocenters. The highest BCUT2D eigenvalue weighted by Gasteiger charge is 2.06. The number of rotatable bonds is 8. The Balaban J connectivity index is 1.77. The van der Waals surface area contributed by atoms with Gasteiger partial charge >= 0.3 is 0 Å². The van der Waals surface area contributed by atoms with E-state index in [2.05, 4.69) is 26.6 Å². The van der Waals surface area contributed by atoms with Crippen molar-refractivity contribution < 1.29 is 14.3 Å². The summed E-state index contributed by atoms with van der Waals surface area (Å²) in [6.07, 6.45) is 0.726. The first kappa shape index (κ1) is 19.1. The molecule has 0 aliphatic carbocycles. The minimum absolute atomic E-state index is 0.0407. The van der Waals surface area contributed by atoms with E-state index in [0.717, 1.165) is 27.7 Å². The molecule has 1 amide bonds. The van der Waals surface area contributed by atoms with Gasteiger partial charge in [-0.05, 0) is 54.8 Å². The van der Waals surface area contributed by atoms with Crippen molar-refractivity contribution in [2.24, 2.45) is 0 Å². The molecule has 0 radical (unpaired) electrons. The van der Waals surface area contributed by atoms with Crippen LogP contribution in [0.4, 0.5) is 5.69 Å². The molecule has 6 heteroatoms. The molecule has 0 aliphatic rings. The fourth-order valence-corrected chi connectivity index (χ4v) is 2.63. The second kappa shape index (κ2) is 9.32. The summed E-state index contributed by atoms with van der Waals surface area (Å²) in [6.45, 7) is 2.82. The molecule has 5 nitrogen and oxygen atoms in total. The SMILES string of the molecule is COc1ccc(CCNC(=O)CNc2ccc(Br)c(C)c2)cc1OC. The molecule has 2 aromatic carbocycles. The molecule has 0 aliphatic heterocycles. The van der Waals surface area contributed by atoms with Crippen molar-refractivity contribution in [3.05, 3.63) is 52.0 Å². The average Bonchev–Trinajstić information content (AvgIpc) is 2.62. The van der Waals surface area contributed by atoms with Crippen molar-refractivity contribution in [3.63, 3.8) is 0 Å². The molecule has 2 N–H and O–H groups in total. The van der Waals surface area contributed by atoms with E-state index in [9.17, 15) is 4.79 Å². The van der Waals surface area contributed by atoms with Gasteiger partial charge < -0.3 is 20.1 Å². The minimum Gasteiger partial charge on any atom is -0.493 e. The van der Waals surface area contributed by atoms with Gasteiger partial charge in [0.15, 0.2) is 11.5 Å². The Morgan fingerprint density at radius 2 is 1.84 bits per heavy atom. The van der Waals surface area contributed by atoms with Crippen molar-refractivity contribution >= 4 is 27.5 Å². The zero-order chi connectivity index (χ0) is 18.2. The number of amides is 1. The summed E-state index contributed by atoms with van der Waals surface area (Å²) < 4.78 is 11.6. The molecule has 2 aromatic rings. The van der Waals surface area contributed by atoms with Crippen LogP contribution < -0.4 is 20.1 Å². The maximum Gasteiger partial charge on any atom is 0.239 e. The van der Waals surface area contributed by atoms with Crippen LogP contribution in [0.5, 0.6) is 11.5 Å². The number of halogens is 1. The number of methoxy groups -OCH3 is 2. The Hall–Kier alpha value is -2.21. The first-order chi connectivity index (χ1) is 12.0. The molecule has 0 saturated heterocycles. The summed E-state index contributed by atoms with van der Waals surface area (Å²) in [5.74, 6) is 1.35. The number of ether oxygens (including phenoxy) is 2. The van der Waals surface area contributed by atoms with E-state index in [1.165, 1.54) is 0 Å². The van der Waals surface area contributed by atoms with Crippen LogP contribution in [0.15, 0.2) is 40.9 Å². The van der Waals surface area contributed by atoms with Crippen molar-refractivity contribution in [1.29, 1.82) is 0 Å². The molecular weight excluding hydrogens is 384 g/mol. The van der Waals surface area contributed by atoms with Crippen molar-refractivity contribution in [2.75, 3.05) is 32.6 Å². The topological polar surface area (TPSA) is 59.6 Å². The van der Waals surface area contributed by atoms with Crippen LogP contribution in [0.25, 0.3) is 0 Å². The first-order valence-corrected chi connectivity index (χ1v) is 8.80. The Morgan fingerprint density at radius 3 is 2.52 bits per heavy atom. The zero-order valence-corrected chi connectivity index (χ0v) is 16.3. The number of carbonyl (C=O) groups is 1. The van der Waals surface area contributed by atoms with Gasteiger partial charge in [0.05, 0.1) is 20.8 Å². The summed E-state index contributed by atoms with van der Waals surface area (Å²) >= 11 is 3.46. The molecule has 2 rings (SSSR count). The number of aryl methyl sites for hydroxylation is 1. The van der Waals surface area contributed by atoms with Crippen LogP contribution in [0.1, 0.15) is 11.1 Å². The Kier molecular flexibility index (Phi) is 7.13. The molecule has 134 valence electrons. The number of nitrogens with one attached hydrogen (secondary N) is 2. The van der Waals surface area contributed by atoms with Crippen molar-refractivity contribution in [3.8, 4) is 11.5 Å². The monoisotopic (exact) mass is 406 g/mol. The minimum atomic E-state index is -0.0407.